The summed E-state index contributed by atoms with van der Waals surface area (Å²) in [6.45, 7) is 1.90. The summed E-state index contributed by atoms with van der Waals surface area (Å²) in [5.74, 6) is 0.149. The van der Waals surface area contributed by atoms with Crippen molar-refractivity contribution in [3.8, 4) is 10.9 Å². The molecule has 1 aliphatic carbocycles. The van der Waals surface area contributed by atoms with Gasteiger partial charge in [0, 0.05) is 36.4 Å². The van der Waals surface area contributed by atoms with Crippen LogP contribution in [0.1, 0.15) is 18.4 Å². The molecule has 0 unspecified atom stereocenters. The van der Waals surface area contributed by atoms with Crippen LogP contribution in [0.2, 0.25) is 0 Å². The predicted octanol–water partition coefficient (Wildman–Crippen LogP) is 3.32. The second-order valence-corrected chi connectivity index (χ2v) is 6.71. The highest BCUT2D eigenvalue weighted by Gasteiger charge is 2.35. The topological polar surface area (TPSA) is 89.5 Å². The van der Waals surface area contributed by atoms with E-state index in [0.29, 0.717) is 29.5 Å². The maximum absolute atomic E-state index is 12.0. The van der Waals surface area contributed by atoms with Crippen molar-refractivity contribution in [2.45, 2.75) is 25.9 Å². The molecular formula is C17H19N3O4S. The number of benzene rings is 1. The number of aryl methyl sites for hydroxylation is 1. The third-order valence-electron chi connectivity index (χ3n) is 4.09. The lowest BCUT2D eigenvalue weighted by atomic mass is 9.81. The molecule has 1 saturated carbocycles. The van der Waals surface area contributed by atoms with Gasteiger partial charge in [0.1, 0.15) is 5.75 Å². The molecule has 1 heterocycles. The molecule has 2 N–H and O–H groups in total. The fraction of sp³-hybridized carbons (Fsp3) is 0.353. The fourth-order valence-corrected chi connectivity index (χ4v) is 2.99. The summed E-state index contributed by atoms with van der Waals surface area (Å²) in [6.07, 6.45) is 3.06. The van der Waals surface area contributed by atoms with Gasteiger partial charge in [-0.25, -0.2) is 9.78 Å². The van der Waals surface area contributed by atoms with Gasteiger partial charge in [-0.2, -0.15) is 0 Å². The Bertz CT molecular complexity index is 757. The number of ether oxygens (including phenoxy) is 2. The standard InChI is InChI=1S/C17H19N3O4S/c1-10-3-4-12(9-14(10)24-17-18-5-6-25-17)19-16(22)20-15(21)11-7-13(8-11)23-2/h3-6,9,11,13H,7-8H2,1-2H3,(H2,19,20,21,22). The number of hydrogen-bond acceptors (Lipinski definition) is 6. The van der Waals surface area contributed by atoms with E-state index in [1.165, 1.54) is 11.3 Å². The van der Waals surface area contributed by atoms with Crippen LogP contribution in [0.25, 0.3) is 0 Å². The number of carbonyl (C=O) groups excluding carboxylic acids is 2. The van der Waals surface area contributed by atoms with Crippen LogP contribution in [0.5, 0.6) is 10.9 Å². The fourth-order valence-electron chi connectivity index (χ4n) is 2.49. The van der Waals surface area contributed by atoms with E-state index < -0.39 is 6.03 Å². The normalized spacial score (nSPS) is 19.0. The number of nitrogens with zero attached hydrogens (tertiary/aromatic N) is 1. The molecule has 7 nitrogen and oxygen atoms in total. The summed E-state index contributed by atoms with van der Waals surface area (Å²) in [4.78, 5) is 28.0. The van der Waals surface area contributed by atoms with Crippen molar-refractivity contribution in [2.75, 3.05) is 12.4 Å². The number of carbonyl (C=O) groups is 2. The molecule has 3 rings (SSSR count). The molecular weight excluding hydrogens is 342 g/mol. The van der Waals surface area contributed by atoms with Crippen molar-refractivity contribution >= 4 is 29.0 Å². The summed E-state index contributed by atoms with van der Waals surface area (Å²) in [7, 11) is 1.62. The molecule has 0 bridgehead atoms. The Labute approximate surface area is 149 Å². The number of nitrogens with one attached hydrogen (secondary N) is 2. The van der Waals surface area contributed by atoms with Crippen LogP contribution in [0.4, 0.5) is 10.5 Å². The van der Waals surface area contributed by atoms with E-state index in [0.717, 1.165) is 5.56 Å². The van der Waals surface area contributed by atoms with Crippen molar-refractivity contribution in [3.63, 3.8) is 0 Å². The minimum absolute atomic E-state index is 0.112. The number of anilines is 1. The lowest BCUT2D eigenvalue weighted by Gasteiger charge is -2.32. The van der Waals surface area contributed by atoms with E-state index >= 15 is 0 Å². The van der Waals surface area contributed by atoms with Gasteiger partial charge < -0.3 is 14.8 Å². The van der Waals surface area contributed by atoms with Gasteiger partial charge in [-0.15, -0.1) is 0 Å². The van der Waals surface area contributed by atoms with Gasteiger partial charge in [0.2, 0.25) is 5.91 Å². The van der Waals surface area contributed by atoms with Gasteiger partial charge in [0.05, 0.1) is 6.10 Å². The first-order valence-electron chi connectivity index (χ1n) is 7.88. The molecule has 0 radical (unpaired) electrons. The van der Waals surface area contributed by atoms with E-state index in [2.05, 4.69) is 15.6 Å². The number of amides is 3. The molecule has 132 valence electrons. The predicted molar refractivity (Wildman–Crippen MR) is 94.0 cm³/mol. The van der Waals surface area contributed by atoms with Crippen molar-refractivity contribution in [3.05, 3.63) is 35.3 Å². The summed E-state index contributed by atoms with van der Waals surface area (Å²) >= 11 is 1.38. The minimum atomic E-state index is -0.560. The Kier molecular flexibility index (Phi) is 5.30. The minimum Gasteiger partial charge on any atom is -0.431 e. The van der Waals surface area contributed by atoms with E-state index in [1.807, 2.05) is 18.4 Å². The first kappa shape index (κ1) is 17.4. The first-order chi connectivity index (χ1) is 12.0. The Hall–Kier alpha value is -2.45. The Morgan fingerprint density at radius 2 is 2.12 bits per heavy atom. The summed E-state index contributed by atoms with van der Waals surface area (Å²) in [5.41, 5.74) is 1.45. The molecule has 1 aliphatic rings. The second-order valence-electron chi connectivity index (χ2n) is 5.85. The number of aromatic nitrogens is 1. The smallest absolute Gasteiger partial charge is 0.325 e. The molecule has 0 atom stereocenters. The lowest BCUT2D eigenvalue weighted by Crippen LogP contribution is -2.45. The van der Waals surface area contributed by atoms with Gasteiger partial charge in [-0.05, 0) is 31.4 Å². The van der Waals surface area contributed by atoms with Gasteiger partial charge >= 0.3 is 6.03 Å². The largest absolute Gasteiger partial charge is 0.431 e. The van der Waals surface area contributed by atoms with Gasteiger partial charge in [0.25, 0.3) is 5.19 Å². The van der Waals surface area contributed by atoms with Crippen LogP contribution in [0.3, 0.4) is 0 Å². The highest BCUT2D eigenvalue weighted by Crippen LogP contribution is 2.30. The quantitative estimate of drug-likeness (QED) is 0.853. The van der Waals surface area contributed by atoms with Crippen molar-refractivity contribution in [1.82, 2.24) is 10.3 Å². The van der Waals surface area contributed by atoms with Gasteiger partial charge in [-0.1, -0.05) is 17.4 Å². The average molecular weight is 361 g/mol. The molecule has 0 aliphatic heterocycles. The zero-order valence-electron chi connectivity index (χ0n) is 13.9. The summed E-state index contributed by atoms with van der Waals surface area (Å²) in [5, 5.41) is 7.35. The highest BCUT2D eigenvalue weighted by atomic mass is 32.1. The van der Waals surface area contributed by atoms with E-state index in [9.17, 15) is 9.59 Å². The first-order valence-corrected chi connectivity index (χ1v) is 8.75. The molecule has 1 fully saturated rings. The van der Waals surface area contributed by atoms with E-state index in [4.69, 9.17) is 9.47 Å². The van der Waals surface area contributed by atoms with Crippen LogP contribution >= 0.6 is 11.3 Å². The highest BCUT2D eigenvalue weighted by molar-refractivity contribution is 7.11. The zero-order chi connectivity index (χ0) is 17.8. The molecule has 3 amide bonds. The summed E-state index contributed by atoms with van der Waals surface area (Å²) < 4.78 is 10.8. The average Bonchev–Trinajstić information content (AvgIpc) is 3.02. The molecule has 25 heavy (non-hydrogen) atoms. The van der Waals surface area contributed by atoms with E-state index in [-0.39, 0.29) is 17.9 Å². The van der Waals surface area contributed by atoms with Crippen LogP contribution in [0, 0.1) is 12.8 Å². The number of methoxy groups -OCH3 is 1. The molecule has 1 aromatic heterocycles. The maximum atomic E-state index is 12.0. The Balaban J connectivity index is 1.57. The number of urea groups is 1. The molecule has 2 aromatic rings. The monoisotopic (exact) mass is 361 g/mol. The maximum Gasteiger partial charge on any atom is 0.325 e. The van der Waals surface area contributed by atoms with Gasteiger partial charge in [-0.3, -0.25) is 10.1 Å². The number of hydrogen-bond donors (Lipinski definition) is 2. The van der Waals surface area contributed by atoms with Gasteiger partial charge in [0.15, 0.2) is 0 Å². The third-order valence-corrected chi connectivity index (χ3v) is 4.74. The van der Waals surface area contributed by atoms with Crippen LogP contribution in [-0.2, 0) is 9.53 Å². The van der Waals surface area contributed by atoms with Crippen LogP contribution in [-0.4, -0.2) is 30.1 Å². The van der Waals surface area contributed by atoms with Crippen LogP contribution < -0.4 is 15.4 Å². The number of imide groups is 1. The number of rotatable bonds is 5. The third kappa shape index (κ3) is 4.34. The molecule has 8 heteroatoms. The number of thiazole rings is 1. The Morgan fingerprint density at radius 1 is 1.32 bits per heavy atom. The SMILES string of the molecule is COC1CC(C(=O)NC(=O)Nc2ccc(C)c(Oc3nccs3)c2)C1. The van der Waals surface area contributed by atoms with Crippen LogP contribution in [0.15, 0.2) is 29.8 Å². The zero-order valence-corrected chi connectivity index (χ0v) is 14.8. The van der Waals surface area contributed by atoms with Crippen molar-refractivity contribution in [1.29, 1.82) is 0 Å². The van der Waals surface area contributed by atoms with Crippen molar-refractivity contribution < 1.29 is 19.1 Å². The lowest BCUT2D eigenvalue weighted by molar-refractivity contribution is -0.131. The molecule has 0 saturated heterocycles. The van der Waals surface area contributed by atoms with Crippen molar-refractivity contribution in [2.24, 2.45) is 5.92 Å². The summed E-state index contributed by atoms with van der Waals surface area (Å²) in [6, 6.07) is 4.72. The molecule has 0 spiro atoms. The molecule has 1 aromatic carbocycles. The second kappa shape index (κ2) is 7.62. The van der Waals surface area contributed by atoms with E-state index in [1.54, 1.807) is 25.4 Å². The Morgan fingerprint density at radius 3 is 2.80 bits per heavy atom.